The Morgan fingerprint density at radius 2 is 1.00 bits per heavy atom. The minimum atomic E-state index is 0.717. The molecule has 0 N–H and O–H groups in total. The first-order valence-electron chi connectivity index (χ1n) is 9.97. The molecule has 148 valence electrons. The summed E-state index contributed by atoms with van der Waals surface area (Å²) in [5, 5.41) is 0. The molecule has 3 aromatic carbocycles. The molecule has 0 bridgehead atoms. The first kappa shape index (κ1) is 19.3. The summed E-state index contributed by atoms with van der Waals surface area (Å²) in [6.45, 7) is 0. The molecule has 0 atom stereocenters. The molecule has 0 unspecified atom stereocenters. The molecule has 0 saturated carbocycles. The van der Waals surface area contributed by atoms with Crippen molar-refractivity contribution in [1.82, 2.24) is 15.0 Å². The second-order valence-corrected chi connectivity index (χ2v) is 8.06. The maximum absolute atomic E-state index is 4.89. The summed E-state index contributed by atoms with van der Waals surface area (Å²) in [4.78, 5) is 13.8. The predicted octanol–water partition coefficient (Wildman–Crippen LogP) is 7.30. The highest BCUT2D eigenvalue weighted by molar-refractivity contribution is 9.10. The van der Waals surface area contributed by atoms with Crippen molar-refractivity contribution in [1.29, 1.82) is 0 Å². The molecular weight excluding hydrogens is 446 g/mol. The van der Waals surface area contributed by atoms with Crippen molar-refractivity contribution in [2.45, 2.75) is 0 Å². The highest BCUT2D eigenvalue weighted by Gasteiger charge is 2.11. The number of rotatable bonds is 4. The van der Waals surface area contributed by atoms with Crippen LogP contribution in [0.2, 0.25) is 0 Å². The Labute approximate surface area is 189 Å². The Balaban J connectivity index is 1.60. The number of nitrogens with zero attached hydrogens (tertiary/aromatic N) is 3. The zero-order valence-electron chi connectivity index (χ0n) is 16.6. The van der Waals surface area contributed by atoms with Crippen LogP contribution in [0.4, 0.5) is 0 Å². The molecule has 0 aliphatic carbocycles. The summed E-state index contributed by atoms with van der Waals surface area (Å²) < 4.78 is 1.04. The van der Waals surface area contributed by atoms with E-state index < -0.39 is 0 Å². The lowest BCUT2D eigenvalue weighted by molar-refractivity contribution is 1.18. The van der Waals surface area contributed by atoms with Crippen LogP contribution in [0.25, 0.3) is 45.0 Å². The van der Waals surface area contributed by atoms with Gasteiger partial charge in [-0.3, -0.25) is 4.98 Å². The standard InChI is InChI=1S/C27H18BrN3/c28-24-12-10-22(11-13-24)26-18-25(30-27(31-26)23-4-2-1-3-5-23)21-8-6-19(7-9-21)20-14-16-29-17-15-20/h1-18H. The third-order valence-electron chi connectivity index (χ3n) is 5.09. The van der Waals surface area contributed by atoms with Gasteiger partial charge in [0.25, 0.3) is 0 Å². The van der Waals surface area contributed by atoms with Gasteiger partial charge in [-0.25, -0.2) is 9.97 Å². The maximum Gasteiger partial charge on any atom is 0.160 e. The molecule has 0 aliphatic heterocycles. The minimum Gasteiger partial charge on any atom is -0.265 e. The monoisotopic (exact) mass is 463 g/mol. The zero-order chi connectivity index (χ0) is 21.0. The van der Waals surface area contributed by atoms with Gasteiger partial charge >= 0.3 is 0 Å². The van der Waals surface area contributed by atoms with Crippen LogP contribution in [0, 0.1) is 0 Å². The molecule has 3 nitrogen and oxygen atoms in total. The summed E-state index contributed by atoms with van der Waals surface area (Å²) in [6.07, 6.45) is 3.62. The first-order valence-corrected chi connectivity index (χ1v) is 10.8. The van der Waals surface area contributed by atoms with Gasteiger partial charge in [0, 0.05) is 33.6 Å². The maximum atomic E-state index is 4.89. The molecule has 0 aliphatic rings. The fourth-order valence-corrected chi connectivity index (χ4v) is 3.72. The fourth-order valence-electron chi connectivity index (χ4n) is 3.46. The van der Waals surface area contributed by atoms with Crippen LogP contribution in [0.15, 0.2) is 114 Å². The zero-order valence-corrected chi connectivity index (χ0v) is 18.2. The number of hydrogen-bond donors (Lipinski definition) is 0. The van der Waals surface area contributed by atoms with E-state index >= 15 is 0 Å². The molecule has 2 aromatic heterocycles. The Bertz CT molecular complexity index is 1300. The molecule has 0 fully saturated rings. The van der Waals surface area contributed by atoms with Gasteiger partial charge in [0.2, 0.25) is 0 Å². The molecular formula is C27H18BrN3. The van der Waals surface area contributed by atoms with Crippen molar-refractivity contribution in [2.75, 3.05) is 0 Å². The average Bonchev–Trinajstić information content (AvgIpc) is 2.85. The summed E-state index contributed by atoms with van der Waals surface area (Å²) in [6, 6.07) is 32.8. The molecule has 0 radical (unpaired) electrons. The van der Waals surface area contributed by atoms with Crippen LogP contribution < -0.4 is 0 Å². The first-order chi connectivity index (χ1) is 15.3. The lowest BCUT2D eigenvalue weighted by atomic mass is 10.0. The molecule has 31 heavy (non-hydrogen) atoms. The van der Waals surface area contributed by atoms with E-state index in [1.54, 1.807) is 0 Å². The highest BCUT2D eigenvalue weighted by Crippen LogP contribution is 2.29. The average molecular weight is 464 g/mol. The van der Waals surface area contributed by atoms with E-state index in [9.17, 15) is 0 Å². The normalized spacial score (nSPS) is 10.7. The van der Waals surface area contributed by atoms with Gasteiger partial charge in [0.05, 0.1) is 11.4 Å². The van der Waals surface area contributed by atoms with Crippen molar-refractivity contribution in [3.63, 3.8) is 0 Å². The van der Waals surface area contributed by atoms with E-state index in [2.05, 4.69) is 63.4 Å². The summed E-state index contributed by atoms with van der Waals surface area (Å²) in [7, 11) is 0. The number of benzene rings is 3. The second-order valence-electron chi connectivity index (χ2n) is 7.15. The van der Waals surface area contributed by atoms with E-state index in [-0.39, 0.29) is 0 Å². The van der Waals surface area contributed by atoms with Crippen LogP contribution in [-0.4, -0.2) is 15.0 Å². The van der Waals surface area contributed by atoms with Gasteiger partial charge in [0.15, 0.2) is 5.82 Å². The van der Waals surface area contributed by atoms with Gasteiger partial charge in [-0.2, -0.15) is 0 Å². The third kappa shape index (κ3) is 4.30. The Kier molecular flexibility index (Phi) is 5.38. The predicted molar refractivity (Wildman–Crippen MR) is 129 cm³/mol. The van der Waals surface area contributed by atoms with Crippen LogP contribution >= 0.6 is 15.9 Å². The van der Waals surface area contributed by atoms with Gasteiger partial charge in [0.1, 0.15) is 0 Å². The van der Waals surface area contributed by atoms with E-state index in [4.69, 9.17) is 9.97 Å². The topological polar surface area (TPSA) is 38.7 Å². The summed E-state index contributed by atoms with van der Waals surface area (Å²) >= 11 is 3.51. The SMILES string of the molecule is Brc1ccc(-c2cc(-c3ccc(-c4ccncc4)cc3)nc(-c3ccccc3)n2)cc1. The molecule has 0 spiro atoms. The van der Waals surface area contributed by atoms with Gasteiger partial charge in [-0.15, -0.1) is 0 Å². The molecule has 0 saturated heterocycles. The second kappa shape index (κ2) is 8.62. The largest absolute Gasteiger partial charge is 0.265 e. The van der Waals surface area contributed by atoms with Crippen LogP contribution in [0.5, 0.6) is 0 Å². The molecule has 0 amide bonds. The lowest BCUT2D eigenvalue weighted by Crippen LogP contribution is -1.95. The van der Waals surface area contributed by atoms with Gasteiger partial charge < -0.3 is 0 Å². The molecule has 4 heteroatoms. The third-order valence-corrected chi connectivity index (χ3v) is 5.62. The van der Waals surface area contributed by atoms with Crippen molar-refractivity contribution >= 4 is 15.9 Å². The summed E-state index contributed by atoms with van der Waals surface area (Å²) in [5.74, 6) is 0.717. The van der Waals surface area contributed by atoms with Crippen molar-refractivity contribution in [3.8, 4) is 45.0 Å². The van der Waals surface area contributed by atoms with Crippen LogP contribution in [0.1, 0.15) is 0 Å². The fraction of sp³-hybridized carbons (Fsp3) is 0. The van der Waals surface area contributed by atoms with Crippen molar-refractivity contribution in [3.05, 3.63) is 114 Å². The molecule has 5 rings (SSSR count). The number of aromatic nitrogens is 3. The van der Waals surface area contributed by atoms with Gasteiger partial charge in [-0.05, 0) is 41.5 Å². The number of halogens is 1. The van der Waals surface area contributed by atoms with Crippen molar-refractivity contribution in [2.24, 2.45) is 0 Å². The van der Waals surface area contributed by atoms with E-state index in [0.717, 1.165) is 43.7 Å². The molecule has 5 aromatic rings. The van der Waals surface area contributed by atoms with E-state index in [0.29, 0.717) is 5.82 Å². The minimum absolute atomic E-state index is 0.717. The highest BCUT2D eigenvalue weighted by atomic mass is 79.9. The number of hydrogen-bond acceptors (Lipinski definition) is 3. The van der Waals surface area contributed by atoms with E-state index in [1.165, 1.54) is 0 Å². The molecule has 2 heterocycles. The van der Waals surface area contributed by atoms with Crippen LogP contribution in [0.3, 0.4) is 0 Å². The van der Waals surface area contributed by atoms with Gasteiger partial charge in [-0.1, -0.05) is 82.7 Å². The van der Waals surface area contributed by atoms with E-state index in [1.807, 2.05) is 67.0 Å². The lowest BCUT2D eigenvalue weighted by Gasteiger charge is -2.10. The van der Waals surface area contributed by atoms with Crippen molar-refractivity contribution < 1.29 is 0 Å². The Morgan fingerprint density at radius 3 is 1.61 bits per heavy atom. The quantitative estimate of drug-likeness (QED) is 0.280. The Morgan fingerprint density at radius 1 is 0.484 bits per heavy atom. The number of pyridine rings is 1. The summed E-state index contributed by atoms with van der Waals surface area (Å²) in [5.41, 5.74) is 7.19. The Hall–Kier alpha value is -3.63. The van der Waals surface area contributed by atoms with Crippen LogP contribution in [-0.2, 0) is 0 Å². The smallest absolute Gasteiger partial charge is 0.160 e.